The number of carboxylic acid groups (broad SMARTS) is 1. The van der Waals surface area contributed by atoms with Gasteiger partial charge in [-0.05, 0) is 31.2 Å². The minimum atomic E-state index is -0.896. The number of benzene rings is 1. The summed E-state index contributed by atoms with van der Waals surface area (Å²) < 4.78 is 0. The third-order valence-corrected chi connectivity index (χ3v) is 3.32. The van der Waals surface area contributed by atoms with Crippen molar-refractivity contribution >= 4 is 11.8 Å². The van der Waals surface area contributed by atoms with E-state index >= 15 is 0 Å². The lowest BCUT2D eigenvalue weighted by molar-refractivity contribution is 0.156. The second-order valence-electron chi connectivity index (χ2n) is 4.60. The predicted octanol–water partition coefficient (Wildman–Crippen LogP) is 3.10. The van der Waals surface area contributed by atoms with Crippen LogP contribution in [0.25, 0.3) is 0 Å². The highest BCUT2D eigenvalue weighted by Crippen LogP contribution is 2.25. The minimum absolute atomic E-state index is 0.401. The van der Waals surface area contributed by atoms with E-state index in [1.807, 2.05) is 61.4 Å². The van der Waals surface area contributed by atoms with Gasteiger partial charge in [-0.3, -0.25) is 4.90 Å². The molecule has 4 nitrogen and oxygen atoms in total. The van der Waals surface area contributed by atoms with Crippen molar-refractivity contribution in [3.63, 3.8) is 0 Å². The van der Waals surface area contributed by atoms with Crippen LogP contribution in [0.1, 0.15) is 6.92 Å². The first-order valence-electron chi connectivity index (χ1n) is 6.49. The average Bonchev–Trinajstić information content (AvgIpc) is 2.89. The smallest absolute Gasteiger partial charge is 0.407 e. The van der Waals surface area contributed by atoms with E-state index in [0.717, 1.165) is 17.0 Å². The summed E-state index contributed by atoms with van der Waals surface area (Å²) in [5.74, 6) is 0. The number of likely N-dealkylation sites (N-methyl/N-ethyl adjacent to an activating group) is 1. The normalized spacial score (nSPS) is 14.0. The lowest BCUT2D eigenvalue weighted by atomic mass is 10.2. The molecule has 1 aliphatic heterocycles. The largest absolute Gasteiger partial charge is 0.465 e. The fraction of sp³-hybridized carbons (Fsp3) is 0.250. The van der Waals surface area contributed by atoms with Gasteiger partial charge in [-0.15, -0.1) is 5.73 Å². The fourth-order valence-electron chi connectivity index (χ4n) is 2.21. The molecule has 0 bridgehead atoms. The van der Waals surface area contributed by atoms with Gasteiger partial charge in [0, 0.05) is 24.0 Å². The molecule has 1 aromatic carbocycles. The molecule has 0 saturated heterocycles. The summed E-state index contributed by atoms with van der Waals surface area (Å²) in [5, 5.41) is 9.17. The molecule has 0 spiro atoms. The Balaban J connectivity index is 2.33. The van der Waals surface area contributed by atoms with Gasteiger partial charge in [-0.25, -0.2) is 4.79 Å². The zero-order chi connectivity index (χ0) is 14.5. The van der Waals surface area contributed by atoms with Gasteiger partial charge in [0.25, 0.3) is 0 Å². The van der Waals surface area contributed by atoms with E-state index in [2.05, 4.69) is 5.73 Å². The number of anilines is 1. The summed E-state index contributed by atoms with van der Waals surface area (Å²) in [7, 11) is 1.96. The minimum Gasteiger partial charge on any atom is -0.465 e. The zero-order valence-corrected chi connectivity index (χ0v) is 11.7. The lowest BCUT2D eigenvalue weighted by Crippen LogP contribution is -2.29. The van der Waals surface area contributed by atoms with Crippen LogP contribution in [0, 0.1) is 0 Å². The lowest BCUT2D eigenvalue weighted by Gasteiger charge is -2.22. The zero-order valence-electron chi connectivity index (χ0n) is 11.7. The van der Waals surface area contributed by atoms with E-state index in [1.165, 1.54) is 4.90 Å². The number of hydrogen-bond acceptors (Lipinski definition) is 2. The van der Waals surface area contributed by atoms with E-state index in [4.69, 9.17) is 5.11 Å². The Kier molecular flexibility index (Phi) is 4.28. The van der Waals surface area contributed by atoms with Crippen LogP contribution in [-0.2, 0) is 0 Å². The van der Waals surface area contributed by atoms with E-state index in [-0.39, 0.29) is 0 Å². The standard InChI is InChI=1S/C16H18N2O2/c1-3-4-8-13-11-18(16(19)20)12-15(13)17(2)14-9-6-5-7-10-14/h3,5-10H,11-12H2,1-2H3,(H,19,20). The number of carbonyl (C=O) groups is 1. The maximum Gasteiger partial charge on any atom is 0.407 e. The Bertz CT molecular complexity index is 584. The molecule has 2 rings (SSSR count). The van der Waals surface area contributed by atoms with Crippen molar-refractivity contribution in [1.29, 1.82) is 0 Å². The van der Waals surface area contributed by atoms with Crippen LogP contribution in [0.5, 0.6) is 0 Å². The van der Waals surface area contributed by atoms with Gasteiger partial charge in [0.05, 0.1) is 13.1 Å². The summed E-state index contributed by atoms with van der Waals surface area (Å²) in [6.45, 7) is 2.70. The van der Waals surface area contributed by atoms with Gasteiger partial charge in [0.1, 0.15) is 0 Å². The molecule has 1 aromatic rings. The van der Waals surface area contributed by atoms with Gasteiger partial charge in [-0.1, -0.05) is 18.2 Å². The molecule has 1 N–H and O–H groups in total. The van der Waals surface area contributed by atoms with Crippen LogP contribution in [0.2, 0.25) is 0 Å². The van der Waals surface area contributed by atoms with Crippen LogP contribution in [-0.4, -0.2) is 36.2 Å². The molecule has 0 radical (unpaired) electrons. The van der Waals surface area contributed by atoms with Crippen molar-refractivity contribution in [1.82, 2.24) is 4.90 Å². The molecule has 0 atom stereocenters. The molecular formula is C16H18N2O2. The molecular weight excluding hydrogens is 252 g/mol. The summed E-state index contributed by atoms with van der Waals surface area (Å²) in [5.41, 5.74) is 6.05. The number of rotatable bonds is 3. The molecule has 0 saturated carbocycles. The van der Waals surface area contributed by atoms with E-state index in [9.17, 15) is 4.79 Å². The molecule has 0 fully saturated rings. The average molecular weight is 270 g/mol. The maximum atomic E-state index is 11.2. The topological polar surface area (TPSA) is 43.8 Å². The van der Waals surface area contributed by atoms with Crippen LogP contribution < -0.4 is 4.90 Å². The second-order valence-corrected chi connectivity index (χ2v) is 4.60. The molecule has 1 heterocycles. The fourth-order valence-corrected chi connectivity index (χ4v) is 2.21. The molecule has 4 heteroatoms. The summed E-state index contributed by atoms with van der Waals surface area (Å²) in [6, 6.07) is 9.92. The monoisotopic (exact) mass is 270 g/mol. The highest BCUT2D eigenvalue weighted by Gasteiger charge is 2.26. The number of hydrogen-bond donors (Lipinski definition) is 1. The quantitative estimate of drug-likeness (QED) is 0.858. The van der Waals surface area contributed by atoms with Gasteiger partial charge in [0.2, 0.25) is 0 Å². The first-order chi connectivity index (χ1) is 9.63. The van der Waals surface area contributed by atoms with Gasteiger partial charge in [-0.2, -0.15) is 0 Å². The van der Waals surface area contributed by atoms with Gasteiger partial charge in [0.15, 0.2) is 0 Å². The number of nitrogens with zero attached hydrogens (tertiary/aromatic N) is 2. The molecule has 20 heavy (non-hydrogen) atoms. The summed E-state index contributed by atoms with van der Waals surface area (Å²) >= 11 is 0. The first kappa shape index (κ1) is 14.0. The molecule has 1 aliphatic rings. The molecule has 0 aromatic heterocycles. The van der Waals surface area contributed by atoms with E-state index < -0.39 is 6.09 Å². The van der Waals surface area contributed by atoms with Crippen molar-refractivity contribution < 1.29 is 9.90 Å². The van der Waals surface area contributed by atoms with E-state index in [0.29, 0.717) is 13.1 Å². The predicted molar refractivity (Wildman–Crippen MR) is 79.8 cm³/mol. The van der Waals surface area contributed by atoms with Crippen molar-refractivity contribution in [2.45, 2.75) is 6.92 Å². The summed E-state index contributed by atoms with van der Waals surface area (Å²) in [6.07, 6.45) is 2.78. The van der Waals surface area contributed by atoms with Crippen LogP contribution >= 0.6 is 0 Å². The number of para-hydroxylation sites is 1. The highest BCUT2D eigenvalue weighted by atomic mass is 16.4. The second kappa shape index (κ2) is 6.13. The van der Waals surface area contributed by atoms with Crippen LogP contribution in [0.4, 0.5) is 10.5 Å². The molecule has 0 unspecified atom stereocenters. The SMILES string of the molecule is CC=C=CC1=C(N(C)c2ccccc2)CN(C(=O)O)C1. The highest BCUT2D eigenvalue weighted by molar-refractivity contribution is 5.68. The van der Waals surface area contributed by atoms with E-state index in [1.54, 1.807) is 0 Å². The van der Waals surface area contributed by atoms with Crippen molar-refractivity contribution in [3.8, 4) is 0 Å². The van der Waals surface area contributed by atoms with Gasteiger partial charge >= 0.3 is 6.09 Å². The van der Waals surface area contributed by atoms with Crippen molar-refractivity contribution in [2.75, 3.05) is 25.0 Å². The Morgan fingerprint density at radius 3 is 2.65 bits per heavy atom. The molecule has 1 amide bonds. The Morgan fingerprint density at radius 1 is 1.35 bits per heavy atom. The maximum absolute atomic E-state index is 11.2. The van der Waals surface area contributed by atoms with Gasteiger partial charge < -0.3 is 10.0 Å². The first-order valence-corrected chi connectivity index (χ1v) is 6.49. The van der Waals surface area contributed by atoms with Crippen molar-refractivity contribution in [2.24, 2.45) is 0 Å². The third kappa shape index (κ3) is 2.92. The molecule has 0 aliphatic carbocycles. The Hall–Kier alpha value is -2.45. The Morgan fingerprint density at radius 2 is 2.05 bits per heavy atom. The third-order valence-electron chi connectivity index (χ3n) is 3.32. The summed E-state index contributed by atoms with van der Waals surface area (Å²) in [4.78, 5) is 14.6. The number of amides is 1. The molecule has 104 valence electrons. The van der Waals surface area contributed by atoms with Crippen LogP contribution in [0.3, 0.4) is 0 Å². The Labute approximate surface area is 118 Å². The van der Waals surface area contributed by atoms with Crippen LogP contribution in [0.15, 0.2) is 59.5 Å². The van der Waals surface area contributed by atoms with Crippen molar-refractivity contribution in [3.05, 3.63) is 59.5 Å².